The fourth-order valence-corrected chi connectivity index (χ4v) is 1.95. The molecule has 0 radical (unpaired) electrons. The Kier molecular flexibility index (Phi) is 2.78. The lowest BCUT2D eigenvalue weighted by molar-refractivity contribution is 0.686. The summed E-state index contributed by atoms with van der Waals surface area (Å²) in [6, 6.07) is 8.87. The van der Waals surface area contributed by atoms with E-state index in [0.717, 1.165) is 13.1 Å². The van der Waals surface area contributed by atoms with Crippen LogP contribution in [0.4, 0.5) is 0 Å². The van der Waals surface area contributed by atoms with E-state index in [1.54, 1.807) is 0 Å². The molecule has 0 bridgehead atoms. The molecule has 1 aromatic heterocycles. The van der Waals surface area contributed by atoms with E-state index in [4.69, 9.17) is 0 Å². The van der Waals surface area contributed by atoms with Crippen LogP contribution in [0.15, 0.2) is 24.3 Å². The molecule has 80 valence electrons. The molecule has 15 heavy (non-hydrogen) atoms. The third-order valence-corrected chi connectivity index (χ3v) is 2.85. The molecule has 0 amide bonds. The number of hydrogen-bond donors (Lipinski definition) is 1. The molecule has 0 aliphatic carbocycles. The summed E-state index contributed by atoms with van der Waals surface area (Å²) in [5.74, 6) is 0. The van der Waals surface area contributed by atoms with Crippen LogP contribution in [0.25, 0.3) is 10.9 Å². The van der Waals surface area contributed by atoms with Gasteiger partial charge < -0.3 is 9.88 Å². The Morgan fingerprint density at radius 2 is 2.07 bits per heavy atom. The predicted octanol–water partition coefficient (Wildman–Crippen LogP) is 2.60. The molecule has 1 heterocycles. The van der Waals surface area contributed by atoms with Gasteiger partial charge in [-0.3, -0.25) is 0 Å². The third kappa shape index (κ3) is 1.90. The van der Waals surface area contributed by atoms with Crippen LogP contribution in [-0.4, -0.2) is 11.1 Å². The van der Waals surface area contributed by atoms with Gasteiger partial charge in [-0.05, 0) is 31.7 Å². The Hall–Kier alpha value is -1.28. The number of nitrogens with zero attached hydrogens (tertiary/aromatic N) is 1. The van der Waals surface area contributed by atoms with Crippen molar-refractivity contribution in [2.24, 2.45) is 7.05 Å². The Balaban J connectivity index is 2.44. The van der Waals surface area contributed by atoms with Crippen molar-refractivity contribution in [2.45, 2.75) is 20.4 Å². The first-order valence-corrected chi connectivity index (χ1v) is 5.48. The molecule has 0 atom stereocenters. The topological polar surface area (TPSA) is 17.0 Å². The first-order valence-electron chi connectivity index (χ1n) is 5.48. The monoisotopic (exact) mass is 202 g/mol. The Morgan fingerprint density at radius 3 is 2.80 bits per heavy atom. The number of aromatic nitrogens is 1. The zero-order chi connectivity index (χ0) is 10.8. The molecule has 2 heteroatoms. The minimum Gasteiger partial charge on any atom is -0.346 e. The van der Waals surface area contributed by atoms with E-state index >= 15 is 0 Å². The Bertz CT molecular complexity index is 469. The van der Waals surface area contributed by atoms with E-state index in [-0.39, 0.29) is 0 Å². The summed E-state index contributed by atoms with van der Waals surface area (Å²) in [4.78, 5) is 0. The highest BCUT2D eigenvalue weighted by Crippen LogP contribution is 2.19. The van der Waals surface area contributed by atoms with Gasteiger partial charge >= 0.3 is 0 Å². The van der Waals surface area contributed by atoms with Gasteiger partial charge in [0.15, 0.2) is 0 Å². The maximum absolute atomic E-state index is 3.36. The summed E-state index contributed by atoms with van der Waals surface area (Å²) in [7, 11) is 2.13. The highest BCUT2D eigenvalue weighted by molar-refractivity contribution is 5.82. The summed E-state index contributed by atoms with van der Waals surface area (Å²) in [6.07, 6.45) is 0. The van der Waals surface area contributed by atoms with Gasteiger partial charge in [-0.25, -0.2) is 0 Å². The summed E-state index contributed by atoms with van der Waals surface area (Å²) >= 11 is 0. The molecule has 2 rings (SSSR count). The van der Waals surface area contributed by atoms with Crippen LogP contribution in [0.1, 0.15) is 18.2 Å². The summed E-state index contributed by atoms with van der Waals surface area (Å²) in [6.45, 7) is 6.23. The van der Waals surface area contributed by atoms with Crippen LogP contribution in [0.3, 0.4) is 0 Å². The van der Waals surface area contributed by atoms with Crippen LogP contribution < -0.4 is 5.32 Å². The van der Waals surface area contributed by atoms with E-state index in [0.29, 0.717) is 0 Å². The van der Waals surface area contributed by atoms with E-state index < -0.39 is 0 Å². The summed E-state index contributed by atoms with van der Waals surface area (Å²) < 4.78 is 2.26. The lowest BCUT2D eigenvalue weighted by atomic mass is 10.2. The zero-order valence-electron chi connectivity index (χ0n) is 9.67. The zero-order valence-corrected chi connectivity index (χ0v) is 9.67. The molecular weight excluding hydrogens is 184 g/mol. The summed E-state index contributed by atoms with van der Waals surface area (Å²) in [5, 5.41) is 4.70. The van der Waals surface area contributed by atoms with Crippen LogP contribution in [0.2, 0.25) is 0 Å². The van der Waals surface area contributed by atoms with Crippen LogP contribution in [-0.2, 0) is 13.6 Å². The summed E-state index contributed by atoms with van der Waals surface area (Å²) in [5.41, 5.74) is 3.98. The second kappa shape index (κ2) is 4.07. The highest BCUT2D eigenvalue weighted by atomic mass is 15.0. The van der Waals surface area contributed by atoms with E-state index in [2.05, 4.69) is 55.0 Å². The van der Waals surface area contributed by atoms with Gasteiger partial charge in [-0.1, -0.05) is 18.6 Å². The number of aryl methyl sites for hydroxylation is 2. The lowest BCUT2D eigenvalue weighted by Crippen LogP contribution is -2.14. The van der Waals surface area contributed by atoms with Crippen LogP contribution in [0, 0.1) is 6.92 Å². The van der Waals surface area contributed by atoms with Gasteiger partial charge in [0.05, 0.1) is 0 Å². The molecule has 0 saturated heterocycles. The van der Waals surface area contributed by atoms with E-state index in [9.17, 15) is 0 Å². The van der Waals surface area contributed by atoms with Crippen molar-refractivity contribution in [2.75, 3.05) is 6.54 Å². The molecule has 0 aliphatic heterocycles. The van der Waals surface area contributed by atoms with Gasteiger partial charge in [0.25, 0.3) is 0 Å². The molecule has 0 saturated carbocycles. The first-order chi connectivity index (χ1) is 7.22. The molecule has 2 nitrogen and oxygen atoms in total. The number of rotatable bonds is 3. The Labute approximate surface area is 90.9 Å². The number of benzene rings is 1. The smallest absolute Gasteiger partial charge is 0.0480 e. The average Bonchev–Trinajstić information content (AvgIpc) is 2.52. The highest BCUT2D eigenvalue weighted by Gasteiger charge is 2.04. The van der Waals surface area contributed by atoms with Crippen molar-refractivity contribution >= 4 is 10.9 Å². The maximum atomic E-state index is 3.36. The second-order valence-electron chi connectivity index (χ2n) is 4.04. The predicted molar refractivity (Wildman–Crippen MR) is 65.0 cm³/mol. The third-order valence-electron chi connectivity index (χ3n) is 2.85. The van der Waals surface area contributed by atoms with Crippen molar-refractivity contribution in [3.05, 3.63) is 35.5 Å². The van der Waals surface area contributed by atoms with Gasteiger partial charge in [-0.15, -0.1) is 0 Å². The fourth-order valence-electron chi connectivity index (χ4n) is 1.95. The maximum Gasteiger partial charge on any atom is 0.0480 e. The molecule has 0 aliphatic rings. The lowest BCUT2D eigenvalue weighted by Gasteiger charge is -2.04. The normalized spacial score (nSPS) is 11.1. The van der Waals surface area contributed by atoms with Crippen molar-refractivity contribution < 1.29 is 0 Å². The van der Waals surface area contributed by atoms with Gasteiger partial charge in [0.2, 0.25) is 0 Å². The molecule has 1 N–H and O–H groups in total. The van der Waals surface area contributed by atoms with Crippen LogP contribution in [0.5, 0.6) is 0 Å². The van der Waals surface area contributed by atoms with Crippen molar-refractivity contribution in [3.8, 4) is 0 Å². The largest absolute Gasteiger partial charge is 0.346 e. The molecule has 0 unspecified atom stereocenters. The van der Waals surface area contributed by atoms with Gasteiger partial charge in [0, 0.05) is 30.2 Å². The minimum absolute atomic E-state index is 0.945. The van der Waals surface area contributed by atoms with E-state index in [1.807, 2.05) is 0 Å². The SMILES string of the molecule is CCNCc1cc2cc(C)ccc2n1C. The van der Waals surface area contributed by atoms with Crippen molar-refractivity contribution in [3.63, 3.8) is 0 Å². The molecule has 0 fully saturated rings. The van der Waals surface area contributed by atoms with Crippen LogP contribution >= 0.6 is 0 Å². The second-order valence-corrected chi connectivity index (χ2v) is 4.04. The number of nitrogens with one attached hydrogen (secondary N) is 1. The Morgan fingerprint density at radius 1 is 1.27 bits per heavy atom. The number of fused-ring (bicyclic) bond motifs is 1. The average molecular weight is 202 g/mol. The van der Waals surface area contributed by atoms with Gasteiger partial charge in [-0.2, -0.15) is 0 Å². The first kappa shape index (κ1) is 10.2. The van der Waals surface area contributed by atoms with Crippen molar-refractivity contribution in [1.29, 1.82) is 0 Å². The minimum atomic E-state index is 0.945. The molecule has 1 aromatic carbocycles. The molecular formula is C13H18N2. The molecule has 2 aromatic rings. The van der Waals surface area contributed by atoms with Crippen molar-refractivity contribution in [1.82, 2.24) is 9.88 Å². The molecule has 0 spiro atoms. The fraction of sp³-hybridized carbons (Fsp3) is 0.385. The van der Waals surface area contributed by atoms with Gasteiger partial charge in [0.1, 0.15) is 0 Å². The van der Waals surface area contributed by atoms with E-state index in [1.165, 1.54) is 22.2 Å². The quantitative estimate of drug-likeness (QED) is 0.809. The standard InChI is InChI=1S/C13H18N2/c1-4-14-9-12-8-11-7-10(2)5-6-13(11)15(12)3/h5-8,14H,4,9H2,1-3H3. The number of hydrogen-bond acceptors (Lipinski definition) is 1.